The van der Waals surface area contributed by atoms with Crippen molar-refractivity contribution in [1.29, 1.82) is 0 Å². The van der Waals surface area contributed by atoms with Crippen molar-refractivity contribution in [2.75, 3.05) is 0 Å². The Morgan fingerprint density at radius 1 is 1.40 bits per heavy atom. The third-order valence-corrected chi connectivity index (χ3v) is 3.66. The first-order valence-electron chi connectivity index (χ1n) is 5.49. The van der Waals surface area contributed by atoms with Crippen LogP contribution in [0.3, 0.4) is 0 Å². The van der Waals surface area contributed by atoms with E-state index < -0.39 is 0 Å². The van der Waals surface area contributed by atoms with E-state index in [-0.39, 0.29) is 5.92 Å². The Balaban J connectivity index is 2.01. The SMILES string of the molecule is O=CC1CCc2c(Cl)nc(C3CC3)n2C1. The summed E-state index contributed by atoms with van der Waals surface area (Å²) in [6.07, 6.45) is 5.31. The molecule has 4 heteroatoms. The highest BCUT2D eigenvalue weighted by molar-refractivity contribution is 6.30. The van der Waals surface area contributed by atoms with E-state index in [1.165, 1.54) is 12.8 Å². The average Bonchev–Trinajstić information content (AvgIpc) is 3.04. The normalized spacial score (nSPS) is 25.0. The summed E-state index contributed by atoms with van der Waals surface area (Å²) >= 11 is 6.11. The number of carbonyl (C=O) groups excluding carboxylic acids is 1. The van der Waals surface area contributed by atoms with Crippen molar-refractivity contribution in [3.63, 3.8) is 0 Å². The van der Waals surface area contributed by atoms with Crippen LogP contribution in [0.5, 0.6) is 0 Å². The summed E-state index contributed by atoms with van der Waals surface area (Å²) in [6, 6.07) is 0. The smallest absolute Gasteiger partial charge is 0.150 e. The van der Waals surface area contributed by atoms with Gasteiger partial charge in [-0.05, 0) is 25.7 Å². The number of carbonyl (C=O) groups is 1. The first-order valence-corrected chi connectivity index (χ1v) is 5.87. The van der Waals surface area contributed by atoms with Gasteiger partial charge in [-0.25, -0.2) is 4.98 Å². The molecule has 0 saturated heterocycles. The molecular formula is C11H13ClN2O. The monoisotopic (exact) mass is 224 g/mol. The molecule has 0 bridgehead atoms. The van der Waals surface area contributed by atoms with Gasteiger partial charge in [0.15, 0.2) is 5.15 Å². The molecule has 0 radical (unpaired) electrons. The maximum absolute atomic E-state index is 10.8. The summed E-state index contributed by atoms with van der Waals surface area (Å²) in [5.74, 6) is 1.86. The number of hydrogen-bond acceptors (Lipinski definition) is 2. The van der Waals surface area contributed by atoms with Gasteiger partial charge in [0.1, 0.15) is 12.1 Å². The quantitative estimate of drug-likeness (QED) is 0.722. The van der Waals surface area contributed by atoms with Crippen LogP contribution in [-0.2, 0) is 17.8 Å². The van der Waals surface area contributed by atoms with Crippen LogP contribution in [0.2, 0.25) is 5.15 Å². The molecule has 0 spiro atoms. The van der Waals surface area contributed by atoms with Crippen molar-refractivity contribution in [1.82, 2.24) is 9.55 Å². The fraction of sp³-hybridized carbons (Fsp3) is 0.636. The lowest BCUT2D eigenvalue weighted by Crippen LogP contribution is -2.22. The first kappa shape index (κ1) is 9.40. The third kappa shape index (κ3) is 1.49. The van der Waals surface area contributed by atoms with Gasteiger partial charge >= 0.3 is 0 Å². The van der Waals surface area contributed by atoms with Crippen molar-refractivity contribution in [2.45, 2.75) is 38.1 Å². The summed E-state index contributed by atoms with van der Waals surface area (Å²) in [6.45, 7) is 0.782. The molecule has 1 unspecified atom stereocenters. The van der Waals surface area contributed by atoms with Gasteiger partial charge in [0, 0.05) is 18.4 Å². The van der Waals surface area contributed by atoms with Gasteiger partial charge in [-0.2, -0.15) is 0 Å². The Morgan fingerprint density at radius 2 is 2.20 bits per heavy atom. The zero-order chi connectivity index (χ0) is 10.4. The second-order valence-electron chi connectivity index (χ2n) is 4.53. The molecule has 0 aromatic carbocycles. The summed E-state index contributed by atoms with van der Waals surface area (Å²) in [5.41, 5.74) is 1.14. The van der Waals surface area contributed by atoms with Crippen molar-refractivity contribution in [3.8, 4) is 0 Å². The Morgan fingerprint density at radius 3 is 2.87 bits per heavy atom. The maximum Gasteiger partial charge on any atom is 0.150 e. The van der Waals surface area contributed by atoms with Gasteiger partial charge in [-0.3, -0.25) is 0 Å². The van der Waals surface area contributed by atoms with Gasteiger partial charge < -0.3 is 9.36 Å². The maximum atomic E-state index is 10.8. The number of nitrogens with zero attached hydrogens (tertiary/aromatic N) is 2. The van der Waals surface area contributed by atoms with E-state index in [0.29, 0.717) is 11.1 Å². The Labute approximate surface area is 93.4 Å². The Kier molecular flexibility index (Phi) is 2.09. The van der Waals surface area contributed by atoms with Crippen molar-refractivity contribution >= 4 is 17.9 Å². The zero-order valence-corrected chi connectivity index (χ0v) is 9.20. The van der Waals surface area contributed by atoms with Crippen molar-refractivity contribution in [2.24, 2.45) is 5.92 Å². The number of aromatic nitrogens is 2. The molecule has 1 aromatic heterocycles. The van der Waals surface area contributed by atoms with Crippen LogP contribution in [0.25, 0.3) is 0 Å². The summed E-state index contributed by atoms with van der Waals surface area (Å²) in [5, 5.41) is 0.654. The number of halogens is 1. The topological polar surface area (TPSA) is 34.9 Å². The minimum absolute atomic E-state index is 0.153. The van der Waals surface area contributed by atoms with Crippen LogP contribution in [0.15, 0.2) is 0 Å². The molecule has 1 aromatic rings. The minimum atomic E-state index is 0.153. The van der Waals surface area contributed by atoms with Crippen LogP contribution in [0, 0.1) is 5.92 Å². The van der Waals surface area contributed by atoms with Crippen LogP contribution >= 0.6 is 11.6 Å². The van der Waals surface area contributed by atoms with Crippen molar-refractivity contribution in [3.05, 3.63) is 16.7 Å². The summed E-state index contributed by atoms with van der Waals surface area (Å²) in [7, 11) is 0. The number of imidazole rings is 1. The van der Waals surface area contributed by atoms with E-state index in [4.69, 9.17) is 11.6 Å². The predicted molar refractivity (Wildman–Crippen MR) is 57.1 cm³/mol. The molecule has 3 rings (SSSR count). The highest BCUT2D eigenvalue weighted by Gasteiger charge is 2.33. The molecule has 0 N–H and O–H groups in total. The second-order valence-corrected chi connectivity index (χ2v) is 4.89. The number of hydrogen-bond donors (Lipinski definition) is 0. The Hall–Kier alpha value is -0.830. The molecule has 2 heterocycles. The standard InChI is InChI=1S/C11H13ClN2O/c12-10-9-4-1-7(6-15)5-14(9)11(13-10)8-2-3-8/h6-8H,1-5H2. The molecule has 1 aliphatic heterocycles. The van der Waals surface area contributed by atoms with Crippen LogP contribution < -0.4 is 0 Å². The first-order chi connectivity index (χ1) is 7.29. The Bertz CT molecular complexity index is 409. The van der Waals surface area contributed by atoms with E-state index in [9.17, 15) is 4.79 Å². The second kappa shape index (κ2) is 3.34. The number of fused-ring (bicyclic) bond motifs is 1. The molecular weight excluding hydrogens is 212 g/mol. The van der Waals surface area contributed by atoms with Gasteiger partial charge in [0.2, 0.25) is 0 Å². The summed E-state index contributed by atoms with van der Waals surface area (Å²) < 4.78 is 2.18. The van der Waals surface area contributed by atoms with Crippen LogP contribution in [0.4, 0.5) is 0 Å². The molecule has 1 saturated carbocycles. The van der Waals surface area contributed by atoms with Crippen LogP contribution in [0.1, 0.15) is 36.7 Å². The lowest BCUT2D eigenvalue weighted by atomic mass is 9.99. The molecule has 80 valence electrons. The van der Waals surface area contributed by atoms with Crippen LogP contribution in [-0.4, -0.2) is 15.8 Å². The van der Waals surface area contributed by atoms with E-state index in [2.05, 4.69) is 9.55 Å². The molecule has 15 heavy (non-hydrogen) atoms. The minimum Gasteiger partial charge on any atom is -0.330 e. The van der Waals surface area contributed by atoms with E-state index in [0.717, 1.165) is 37.2 Å². The number of aldehydes is 1. The lowest BCUT2D eigenvalue weighted by molar-refractivity contribution is -0.111. The summed E-state index contributed by atoms with van der Waals surface area (Å²) in [4.78, 5) is 15.2. The molecule has 1 atom stereocenters. The fourth-order valence-electron chi connectivity index (χ4n) is 2.33. The fourth-order valence-corrected chi connectivity index (χ4v) is 2.61. The highest BCUT2D eigenvalue weighted by atomic mass is 35.5. The average molecular weight is 225 g/mol. The molecule has 1 aliphatic carbocycles. The third-order valence-electron chi connectivity index (χ3n) is 3.36. The number of rotatable bonds is 2. The zero-order valence-electron chi connectivity index (χ0n) is 8.45. The van der Waals surface area contributed by atoms with Gasteiger partial charge in [0.05, 0.1) is 5.69 Å². The molecule has 3 nitrogen and oxygen atoms in total. The molecule has 1 fully saturated rings. The van der Waals surface area contributed by atoms with E-state index >= 15 is 0 Å². The highest BCUT2D eigenvalue weighted by Crippen LogP contribution is 2.42. The predicted octanol–water partition coefficient (Wildman–Crippen LogP) is 2.18. The largest absolute Gasteiger partial charge is 0.330 e. The van der Waals surface area contributed by atoms with E-state index in [1.54, 1.807) is 0 Å². The van der Waals surface area contributed by atoms with Crippen molar-refractivity contribution < 1.29 is 4.79 Å². The van der Waals surface area contributed by atoms with Gasteiger partial charge in [-0.1, -0.05) is 11.6 Å². The lowest BCUT2D eigenvalue weighted by Gasteiger charge is -2.21. The van der Waals surface area contributed by atoms with Gasteiger partial charge in [0.25, 0.3) is 0 Å². The van der Waals surface area contributed by atoms with Gasteiger partial charge in [-0.15, -0.1) is 0 Å². The van der Waals surface area contributed by atoms with E-state index in [1.807, 2.05) is 0 Å². The molecule has 0 amide bonds. The molecule has 2 aliphatic rings.